The minimum Gasteiger partial charge on any atom is -0.308 e. The van der Waals surface area contributed by atoms with Gasteiger partial charge in [-0.25, -0.2) is 0 Å². The van der Waals surface area contributed by atoms with E-state index >= 15 is 0 Å². The molecular weight excluding hydrogens is 112 g/mol. The summed E-state index contributed by atoms with van der Waals surface area (Å²) in [6, 6.07) is 0. The monoisotopic (exact) mass is 129 g/mol. The average molecular weight is 129 g/mol. The van der Waals surface area contributed by atoms with E-state index in [0.29, 0.717) is 0 Å². The molecule has 0 aromatic carbocycles. The number of hydrogen-bond donors (Lipinski definition) is 0. The maximum Gasteiger partial charge on any atom is 0.0110 e. The van der Waals surface area contributed by atoms with Gasteiger partial charge in [0.25, 0.3) is 0 Å². The molecule has 0 aromatic rings. The molecule has 0 N–H and O–H groups in total. The molecule has 0 bridgehead atoms. The first kappa shape index (κ1) is 8.92. The Bertz CT molecular complexity index is 61.9. The van der Waals surface area contributed by atoms with E-state index in [1.54, 1.807) is 0 Å². The van der Waals surface area contributed by atoms with Crippen molar-refractivity contribution in [2.75, 3.05) is 33.7 Å². The van der Waals surface area contributed by atoms with Gasteiger partial charge in [0.15, 0.2) is 0 Å². The second kappa shape index (κ2) is 4.77. The molecule has 0 atom stereocenters. The first-order valence-corrected chi connectivity index (χ1v) is 3.37. The molecule has 0 rings (SSSR count). The largest absolute Gasteiger partial charge is 0.308 e. The Morgan fingerprint density at radius 1 is 1.22 bits per heavy atom. The highest BCUT2D eigenvalue weighted by atomic mass is 15.1. The first-order valence-electron chi connectivity index (χ1n) is 3.37. The second-order valence-electron chi connectivity index (χ2n) is 2.51. The van der Waals surface area contributed by atoms with E-state index in [0.717, 1.165) is 19.6 Å². The third-order valence-electron chi connectivity index (χ3n) is 1.31. The van der Waals surface area contributed by atoms with Crippen molar-refractivity contribution >= 4 is 0 Å². The lowest BCUT2D eigenvalue weighted by molar-refractivity contribution is 0.313. The van der Waals surface area contributed by atoms with Crippen LogP contribution in [0.2, 0.25) is 0 Å². The lowest BCUT2D eigenvalue weighted by Crippen LogP contribution is -2.26. The van der Waals surface area contributed by atoms with Gasteiger partial charge in [0, 0.05) is 20.1 Å². The van der Waals surface area contributed by atoms with E-state index in [1.807, 2.05) is 0 Å². The zero-order valence-electron chi connectivity index (χ0n) is 6.72. The summed E-state index contributed by atoms with van der Waals surface area (Å²) < 4.78 is 0. The van der Waals surface area contributed by atoms with Crippen molar-refractivity contribution < 1.29 is 0 Å². The summed E-state index contributed by atoms with van der Waals surface area (Å²) in [4.78, 5) is 4.22. The quantitative estimate of drug-likeness (QED) is 0.550. The zero-order valence-corrected chi connectivity index (χ0v) is 6.72. The van der Waals surface area contributed by atoms with Crippen LogP contribution in [0.25, 0.3) is 0 Å². The number of hydrogen-bond acceptors (Lipinski definition) is 2. The molecule has 1 radical (unpaired) electrons. The zero-order chi connectivity index (χ0) is 7.28. The molecule has 9 heavy (non-hydrogen) atoms. The van der Waals surface area contributed by atoms with Gasteiger partial charge < -0.3 is 9.80 Å². The van der Waals surface area contributed by atoms with E-state index in [-0.39, 0.29) is 0 Å². The SMILES string of the molecule is [CH2]N(CC)CCN(C)C. The molecule has 0 unspecified atom stereocenters. The topological polar surface area (TPSA) is 6.48 Å². The Morgan fingerprint density at radius 2 is 1.78 bits per heavy atom. The van der Waals surface area contributed by atoms with Crippen molar-refractivity contribution in [1.29, 1.82) is 0 Å². The number of rotatable bonds is 4. The smallest absolute Gasteiger partial charge is 0.0110 e. The van der Waals surface area contributed by atoms with E-state index in [4.69, 9.17) is 0 Å². The third kappa shape index (κ3) is 5.80. The Hall–Kier alpha value is -0.0800. The van der Waals surface area contributed by atoms with Crippen molar-refractivity contribution in [3.05, 3.63) is 7.05 Å². The van der Waals surface area contributed by atoms with E-state index in [2.05, 4.69) is 37.9 Å². The Balaban J connectivity index is 3.06. The summed E-state index contributed by atoms with van der Waals surface area (Å²) in [5, 5.41) is 0. The minimum absolute atomic E-state index is 1.04. The van der Waals surface area contributed by atoms with Crippen molar-refractivity contribution in [3.8, 4) is 0 Å². The fourth-order valence-electron chi connectivity index (χ4n) is 0.500. The van der Waals surface area contributed by atoms with Gasteiger partial charge >= 0.3 is 0 Å². The van der Waals surface area contributed by atoms with Crippen LogP contribution in [0.4, 0.5) is 0 Å². The maximum absolute atomic E-state index is 3.84. The van der Waals surface area contributed by atoms with Crippen LogP contribution in [0.1, 0.15) is 6.92 Å². The van der Waals surface area contributed by atoms with Gasteiger partial charge in [-0.05, 0) is 20.6 Å². The lowest BCUT2D eigenvalue weighted by Gasteiger charge is -2.16. The standard InChI is InChI=1S/C7H17N2/c1-5-9(4)7-6-8(2)3/h4-7H2,1-3H3. The molecule has 0 heterocycles. The summed E-state index contributed by atoms with van der Waals surface area (Å²) in [5.41, 5.74) is 0. The van der Waals surface area contributed by atoms with Crippen LogP contribution in [0, 0.1) is 7.05 Å². The summed E-state index contributed by atoms with van der Waals surface area (Å²) in [5.74, 6) is 0. The Kier molecular flexibility index (Phi) is 4.72. The molecule has 0 aliphatic rings. The van der Waals surface area contributed by atoms with Gasteiger partial charge in [0.1, 0.15) is 0 Å². The van der Waals surface area contributed by atoms with Gasteiger partial charge in [-0.3, -0.25) is 0 Å². The van der Waals surface area contributed by atoms with Gasteiger partial charge in [-0.15, -0.1) is 0 Å². The normalized spacial score (nSPS) is 11.3. The van der Waals surface area contributed by atoms with Crippen molar-refractivity contribution in [2.45, 2.75) is 6.92 Å². The van der Waals surface area contributed by atoms with Gasteiger partial charge in [-0.1, -0.05) is 6.92 Å². The highest BCUT2D eigenvalue weighted by Gasteiger charge is 1.93. The summed E-state index contributed by atoms with van der Waals surface area (Å²) in [7, 11) is 7.98. The summed E-state index contributed by atoms with van der Waals surface area (Å²) in [6.45, 7) is 5.30. The predicted molar refractivity (Wildman–Crippen MR) is 41.2 cm³/mol. The molecule has 55 valence electrons. The first-order chi connectivity index (χ1) is 4.16. The van der Waals surface area contributed by atoms with Gasteiger partial charge in [-0.2, -0.15) is 0 Å². The second-order valence-corrected chi connectivity index (χ2v) is 2.51. The highest BCUT2D eigenvalue weighted by molar-refractivity contribution is 4.53. The van der Waals surface area contributed by atoms with E-state index in [1.165, 1.54) is 0 Å². The predicted octanol–water partition coefficient (Wildman–Crippen LogP) is 0.661. The van der Waals surface area contributed by atoms with Crippen LogP contribution in [-0.4, -0.2) is 43.5 Å². The number of nitrogens with zero attached hydrogens (tertiary/aromatic N) is 2. The fourth-order valence-corrected chi connectivity index (χ4v) is 0.500. The summed E-state index contributed by atoms with van der Waals surface area (Å²) >= 11 is 0. The molecule has 0 saturated carbocycles. The van der Waals surface area contributed by atoms with Crippen molar-refractivity contribution in [2.24, 2.45) is 0 Å². The van der Waals surface area contributed by atoms with Gasteiger partial charge in [0.05, 0.1) is 0 Å². The third-order valence-corrected chi connectivity index (χ3v) is 1.31. The molecule has 0 aromatic heterocycles. The van der Waals surface area contributed by atoms with E-state index < -0.39 is 0 Å². The van der Waals surface area contributed by atoms with Crippen LogP contribution < -0.4 is 0 Å². The Labute approximate surface area is 58.4 Å². The molecular formula is C7H17N2. The molecule has 2 nitrogen and oxygen atoms in total. The molecule has 0 saturated heterocycles. The van der Waals surface area contributed by atoms with Crippen LogP contribution in [-0.2, 0) is 0 Å². The molecule has 0 amide bonds. The molecule has 0 spiro atoms. The Morgan fingerprint density at radius 3 is 2.11 bits per heavy atom. The molecule has 0 aliphatic heterocycles. The lowest BCUT2D eigenvalue weighted by atomic mass is 10.5. The van der Waals surface area contributed by atoms with Crippen LogP contribution >= 0.6 is 0 Å². The maximum atomic E-state index is 3.84. The minimum atomic E-state index is 1.04. The average Bonchev–Trinajstić information content (AvgIpc) is 1.83. The highest BCUT2D eigenvalue weighted by Crippen LogP contribution is 1.83. The van der Waals surface area contributed by atoms with Crippen molar-refractivity contribution in [3.63, 3.8) is 0 Å². The van der Waals surface area contributed by atoms with Crippen LogP contribution in [0.15, 0.2) is 0 Å². The number of likely N-dealkylation sites (N-methyl/N-ethyl adjacent to an activating group) is 2. The summed E-state index contributed by atoms with van der Waals surface area (Å²) in [6.07, 6.45) is 0. The van der Waals surface area contributed by atoms with Gasteiger partial charge in [0.2, 0.25) is 0 Å². The fraction of sp³-hybridized carbons (Fsp3) is 0.857. The van der Waals surface area contributed by atoms with Crippen LogP contribution in [0.3, 0.4) is 0 Å². The molecule has 0 aliphatic carbocycles. The van der Waals surface area contributed by atoms with E-state index in [9.17, 15) is 0 Å². The van der Waals surface area contributed by atoms with Crippen LogP contribution in [0.5, 0.6) is 0 Å². The molecule has 2 heteroatoms. The molecule has 0 fully saturated rings. The van der Waals surface area contributed by atoms with Crippen molar-refractivity contribution in [1.82, 2.24) is 9.80 Å².